The third kappa shape index (κ3) is 7.14. The van der Waals surface area contributed by atoms with Crippen LogP contribution < -0.4 is 10.6 Å². The number of hydrogen-bond donors (Lipinski definition) is 3. The summed E-state index contributed by atoms with van der Waals surface area (Å²) in [5, 5.41) is 17.8. The first-order valence-electron chi connectivity index (χ1n) is 10.3. The molecule has 2 heterocycles. The zero-order valence-electron chi connectivity index (χ0n) is 18.5. The van der Waals surface area contributed by atoms with Crippen molar-refractivity contribution in [1.82, 2.24) is 10.6 Å². The van der Waals surface area contributed by atoms with Crippen LogP contribution in [0.15, 0.2) is 68.6 Å². The number of nitrogens with zero attached hydrogens (tertiary/aromatic N) is 1. The van der Waals surface area contributed by atoms with E-state index < -0.39 is 5.60 Å². The Hall–Kier alpha value is -2.26. The Morgan fingerprint density at radius 3 is 2.52 bits per heavy atom. The van der Waals surface area contributed by atoms with E-state index in [1.807, 2.05) is 50.2 Å². The molecule has 0 fully saturated rings. The van der Waals surface area contributed by atoms with Gasteiger partial charge in [-0.3, -0.25) is 0 Å². The number of benzene rings is 1. The molecule has 0 bridgehead atoms. The molecule has 2 aromatic heterocycles. The maximum atomic E-state index is 11.0. The summed E-state index contributed by atoms with van der Waals surface area (Å²) in [5.41, 5.74) is 0.786. The van der Waals surface area contributed by atoms with Gasteiger partial charge in [0.1, 0.15) is 22.9 Å². The molecule has 6 nitrogen and oxygen atoms in total. The summed E-state index contributed by atoms with van der Waals surface area (Å²) in [6, 6.07) is 15.9. The quantitative estimate of drug-likeness (QED) is 0.217. The molecule has 168 valence electrons. The van der Waals surface area contributed by atoms with E-state index in [4.69, 9.17) is 8.83 Å². The first-order chi connectivity index (χ1) is 14.3. The minimum Gasteiger partial charge on any atom is -0.469 e. The molecule has 0 radical (unpaired) electrons. The van der Waals surface area contributed by atoms with E-state index in [1.54, 1.807) is 13.2 Å². The van der Waals surface area contributed by atoms with Crippen LogP contribution in [-0.2, 0) is 12.0 Å². The maximum Gasteiger partial charge on any atom is 0.191 e. The van der Waals surface area contributed by atoms with Crippen molar-refractivity contribution >= 4 is 29.9 Å². The zero-order chi connectivity index (χ0) is 21.6. The molecule has 0 aliphatic carbocycles. The van der Waals surface area contributed by atoms with Crippen LogP contribution in [0.3, 0.4) is 0 Å². The summed E-state index contributed by atoms with van der Waals surface area (Å²) >= 11 is 0. The Morgan fingerprint density at radius 2 is 1.90 bits per heavy atom. The number of furan rings is 2. The predicted molar refractivity (Wildman–Crippen MR) is 134 cm³/mol. The van der Waals surface area contributed by atoms with E-state index in [2.05, 4.69) is 34.7 Å². The van der Waals surface area contributed by atoms with Crippen LogP contribution in [-0.4, -0.2) is 24.2 Å². The second-order valence-corrected chi connectivity index (χ2v) is 7.80. The van der Waals surface area contributed by atoms with Gasteiger partial charge in [0, 0.05) is 18.5 Å². The molecule has 0 spiro atoms. The lowest BCUT2D eigenvalue weighted by molar-refractivity contribution is 0.0656. The molecule has 0 aliphatic heterocycles. The molecule has 1 aromatic carbocycles. The van der Waals surface area contributed by atoms with E-state index in [0.717, 1.165) is 29.1 Å². The van der Waals surface area contributed by atoms with Crippen molar-refractivity contribution in [2.24, 2.45) is 4.99 Å². The van der Waals surface area contributed by atoms with Gasteiger partial charge < -0.3 is 24.6 Å². The van der Waals surface area contributed by atoms with Gasteiger partial charge in [0.2, 0.25) is 0 Å². The lowest BCUT2D eigenvalue weighted by atomic mass is 9.96. The average molecular weight is 537 g/mol. The minimum atomic E-state index is -1.13. The van der Waals surface area contributed by atoms with Gasteiger partial charge in [0.05, 0.1) is 18.8 Å². The highest BCUT2D eigenvalue weighted by atomic mass is 127. The number of nitrogens with one attached hydrogen (secondary N) is 2. The van der Waals surface area contributed by atoms with Gasteiger partial charge in [-0.15, -0.1) is 24.0 Å². The summed E-state index contributed by atoms with van der Waals surface area (Å²) in [6.45, 7) is 8.44. The largest absolute Gasteiger partial charge is 0.469 e. The van der Waals surface area contributed by atoms with E-state index >= 15 is 0 Å². The third-order valence-corrected chi connectivity index (χ3v) is 5.06. The van der Waals surface area contributed by atoms with Crippen molar-refractivity contribution in [3.05, 3.63) is 83.2 Å². The standard InChI is InChI=1S/C24H31N3O3.HI/c1-17-15-22(19(3)30-17)24(4,28)16-26-23(25-13-12-21-11-8-14-29-21)27-18(2)20-9-6-5-7-10-20;/h5-11,14-15,18,28H,12-13,16H2,1-4H3,(H2,25,26,27);1H. The molecule has 31 heavy (non-hydrogen) atoms. The molecule has 7 heteroatoms. The van der Waals surface area contributed by atoms with E-state index in [0.29, 0.717) is 18.3 Å². The average Bonchev–Trinajstić information content (AvgIpc) is 3.36. The lowest BCUT2D eigenvalue weighted by Crippen LogP contribution is -2.41. The number of rotatable bonds is 8. The number of aliphatic imine (C=N–C) groups is 1. The van der Waals surface area contributed by atoms with Crippen LogP contribution in [0.4, 0.5) is 0 Å². The van der Waals surface area contributed by atoms with Gasteiger partial charge in [-0.25, -0.2) is 4.99 Å². The smallest absolute Gasteiger partial charge is 0.191 e. The highest BCUT2D eigenvalue weighted by Gasteiger charge is 2.27. The molecule has 3 aromatic rings. The van der Waals surface area contributed by atoms with Gasteiger partial charge >= 0.3 is 0 Å². The van der Waals surface area contributed by atoms with Crippen molar-refractivity contribution in [2.75, 3.05) is 13.1 Å². The molecule has 2 unspecified atom stereocenters. The van der Waals surface area contributed by atoms with Crippen LogP contribution in [0.25, 0.3) is 0 Å². The lowest BCUT2D eigenvalue weighted by Gasteiger charge is -2.23. The molecule has 0 aliphatic rings. The molecular formula is C24H32IN3O3. The summed E-state index contributed by atoms with van der Waals surface area (Å²) < 4.78 is 11.0. The molecule has 0 amide bonds. The fourth-order valence-corrected chi connectivity index (χ4v) is 3.43. The summed E-state index contributed by atoms with van der Waals surface area (Å²) in [4.78, 5) is 4.68. The second kappa shape index (κ2) is 11.4. The zero-order valence-corrected chi connectivity index (χ0v) is 20.8. The fraction of sp³-hybridized carbons (Fsp3) is 0.375. The number of aliphatic hydroxyl groups is 1. The van der Waals surface area contributed by atoms with E-state index in [9.17, 15) is 5.11 Å². The predicted octanol–water partition coefficient (Wildman–Crippen LogP) is 4.85. The van der Waals surface area contributed by atoms with Gasteiger partial charge in [-0.05, 0) is 51.5 Å². The molecule has 2 atom stereocenters. The van der Waals surface area contributed by atoms with Crippen molar-refractivity contribution in [2.45, 2.75) is 45.8 Å². The monoisotopic (exact) mass is 537 g/mol. The van der Waals surface area contributed by atoms with Gasteiger partial charge in [-0.2, -0.15) is 0 Å². The molecule has 3 rings (SSSR count). The molecule has 0 saturated carbocycles. The fourth-order valence-electron chi connectivity index (χ4n) is 3.43. The molecule has 3 N–H and O–H groups in total. The van der Waals surface area contributed by atoms with Crippen LogP contribution in [0.1, 0.15) is 48.3 Å². The third-order valence-electron chi connectivity index (χ3n) is 5.06. The topological polar surface area (TPSA) is 82.9 Å². The number of guanidine groups is 1. The highest BCUT2D eigenvalue weighted by molar-refractivity contribution is 14.0. The first kappa shape index (κ1) is 25.0. The van der Waals surface area contributed by atoms with Crippen LogP contribution >= 0.6 is 24.0 Å². The van der Waals surface area contributed by atoms with Crippen LogP contribution in [0.2, 0.25) is 0 Å². The Labute approximate surface area is 201 Å². The Morgan fingerprint density at radius 1 is 1.16 bits per heavy atom. The minimum absolute atomic E-state index is 0. The second-order valence-electron chi connectivity index (χ2n) is 7.80. The van der Waals surface area contributed by atoms with Gasteiger partial charge in [0.15, 0.2) is 5.96 Å². The van der Waals surface area contributed by atoms with Crippen molar-refractivity contribution in [1.29, 1.82) is 0 Å². The van der Waals surface area contributed by atoms with Crippen molar-refractivity contribution in [3.8, 4) is 0 Å². The Bertz CT molecular complexity index is 950. The van der Waals surface area contributed by atoms with E-state index in [-0.39, 0.29) is 36.6 Å². The Kier molecular flexibility index (Phi) is 9.18. The van der Waals surface area contributed by atoms with Crippen LogP contribution in [0.5, 0.6) is 0 Å². The Balaban J connectivity index is 0.00000341. The number of aryl methyl sites for hydroxylation is 2. The SMILES string of the molecule is Cc1cc(C(C)(O)CN=C(NCCc2ccco2)NC(C)c2ccccc2)c(C)o1.I. The highest BCUT2D eigenvalue weighted by Crippen LogP contribution is 2.27. The number of hydrogen-bond acceptors (Lipinski definition) is 4. The molecule has 0 saturated heterocycles. The summed E-state index contributed by atoms with van der Waals surface area (Å²) in [5.74, 6) is 3.04. The maximum absolute atomic E-state index is 11.0. The van der Waals surface area contributed by atoms with Gasteiger partial charge in [0.25, 0.3) is 0 Å². The number of halogens is 1. The molecular weight excluding hydrogens is 505 g/mol. The van der Waals surface area contributed by atoms with Crippen molar-refractivity contribution < 1.29 is 13.9 Å². The van der Waals surface area contributed by atoms with Crippen molar-refractivity contribution in [3.63, 3.8) is 0 Å². The van der Waals surface area contributed by atoms with Crippen LogP contribution in [0, 0.1) is 13.8 Å². The normalized spacial score (nSPS) is 14.4. The van der Waals surface area contributed by atoms with Gasteiger partial charge in [-0.1, -0.05) is 30.3 Å². The summed E-state index contributed by atoms with van der Waals surface area (Å²) in [7, 11) is 0. The first-order valence-corrected chi connectivity index (χ1v) is 10.3. The van der Waals surface area contributed by atoms with E-state index in [1.165, 1.54) is 0 Å². The summed E-state index contributed by atoms with van der Waals surface area (Å²) in [6.07, 6.45) is 2.41.